The summed E-state index contributed by atoms with van der Waals surface area (Å²) in [5.74, 6) is 1.33. The van der Waals surface area contributed by atoms with Crippen LogP contribution in [0.1, 0.15) is 34.1 Å². The molecule has 2 saturated heterocycles. The molecule has 0 spiro atoms. The molecule has 3 rings (SSSR count). The zero-order chi connectivity index (χ0) is 19.1. The van der Waals surface area contributed by atoms with E-state index in [0.717, 1.165) is 19.0 Å². The Morgan fingerprint density at radius 3 is 2.50 bits per heavy atom. The lowest BCUT2D eigenvalue weighted by molar-refractivity contribution is -0.181. The Hall–Kier alpha value is -1.02. The second kappa shape index (κ2) is 7.19. The van der Waals surface area contributed by atoms with Gasteiger partial charge in [-0.15, -0.1) is 0 Å². The van der Waals surface area contributed by atoms with E-state index in [9.17, 15) is 13.2 Å². The second-order valence-electron chi connectivity index (χ2n) is 8.23. The van der Waals surface area contributed by atoms with E-state index in [4.69, 9.17) is 4.74 Å². The van der Waals surface area contributed by atoms with Crippen LogP contribution in [0.5, 0.6) is 0 Å². The van der Waals surface area contributed by atoms with Crippen molar-refractivity contribution in [3.05, 3.63) is 0 Å². The van der Waals surface area contributed by atoms with E-state index in [2.05, 4.69) is 29.1 Å². The number of nitrogens with one attached hydrogen (secondary N) is 1. The number of nitrogens with zero attached hydrogens (tertiary/aromatic N) is 3. The van der Waals surface area contributed by atoms with Gasteiger partial charge in [-0.3, -0.25) is 9.89 Å². The molecule has 5 nitrogen and oxygen atoms in total. The number of piperazine rings is 1. The second-order valence-corrected chi connectivity index (χ2v) is 8.23. The van der Waals surface area contributed by atoms with E-state index in [1.165, 1.54) is 11.8 Å². The molecule has 150 valence electrons. The van der Waals surface area contributed by atoms with Gasteiger partial charge >= 0.3 is 6.18 Å². The lowest BCUT2D eigenvalue weighted by atomic mass is 9.57. The number of guanidine groups is 1. The van der Waals surface area contributed by atoms with Gasteiger partial charge in [0.05, 0.1) is 6.10 Å². The van der Waals surface area contributed by atoms with Gasteiger partial charge in [-0.05, 0) is 20.3 Å². The first-order valence-corrected chi connectivity index (χ1v) is 9.64. The van der Waals surface area contributed by atoms with Gasteiger partial charge in [-0.2, -0.15) is 13.2 Å². The molecule has 26 heavy (non-hydrogen) atoms. The van der Waals surface area contributed by atoms with E-state index in [1.54, 1.807) is 0 Å². The summed E-state index contributed by atoms with van der Waals surface area (Å²) in [6.45, 7) is 11.0. The van der Waals surface area contributed by atoms with E-state index in [-0.39, 0.29) is 5.41 Å². The third-order valence-corrected chi connectivity index (χ3v) is 6.33. The number of halogens is 3. The van der Waals surface area contributed by atoms with Crippen molar-refractivity contribution in [2.45, 2.75) is 58.5 Å². The summed E-state index contributed by atoms with van der Waals surface area (Å²) in [7, 11) is 0. The normalized spacial score (nSPS) is 33.6. The molecule has 1 saturated carbocycles. The Kier molecular flexibility index (Phi) is 5.45. The number of fused-ring (bicyclic) bond motifs is 1. The van der Waals surface area contributed by atoms with Crippen LogP contribution in [0.2, 0.25) is 0 Å². The molecule has 0 aromatic rings. The molecule has 2 aliphatic heterocycles. The van der Waals surface area contributed by atoms with Crippen molar-refractivity contribution in [3.63, 3.8) is 0 Å². The van der Waals surface area contributed by atoms with Crippen molar-refractivity contribution in [1.82, 2.24) is 15.1 Å². The van der Waals surface area contributed by atoms with Crippen molar-refractivity contribution in [3.8, 4) is 0 Å². The molecule has 0 bridgehead atoms. The summed E-state index contributed by atoms with van der Waals surface area (Å²) < 4.78 is 44.7. The lowest BCUT2D eigenvalue weighted by Gasteiger charge is -2.55. The molecule has 1 aliphatic carbocycles. The zero-order valence-corrected chi connectivity index (χ0v) is 16.1. The lowest BCUT2D eigenvalue weighted by Crippen LogP contribution is -2.69. The average molecular weight is 376 g/mol. The van der Waals surface area contributed by atoms with Crippen LogP contribution in [0.15, 0.2) is 4.99 Å². The molecule has 4 unspecified atom stereocenters. The van der Waals surface area contributed by atoms with Crippen LogP contribution in [0.3, 0.4) is 0 Å². The predicted octanol–water partition coefficient (Wildman–Crippen LogP) is 2.33. The summed E-state index contributed by atoms with van der Waals surface area (Å²) in [6, 6.07) is -1.10. The van der Waals surface area contributed by atoms with Crippen LogP contribution in [0, 0.1) is 11.3 Å². The number of ether oxygens (including phenoxy) is 1. The molecule has 0 aromatic heterocycles. The van der Waals surface area contributed by atoms with Crippen LogP contribution in [-0.2, 0) is 4.74 Å². The molecular formula is C18H31F3N4O. The van der Waals surface area contributed by atoms with Crippen molar-refractivity contribution < 1.29 is 17.9 Å². The van der Waals surface area contributed by atoms with Gasteiger partial charge in [-0.25, -0.2) is 0 Å². The third kappa shape index (κ3) is 3.54. The molecule has 3 fully saturated rings. The van der Waals surface area contributed by atoms with E-state index in [0.29, 0.717) is 50.8 Å². The molecule has 1 N–H and O–H groups in total. The number of rotatable bonds is 3. The number of hydrogen-bond donors (Lipinski definition) is 1. The van der Waals surface area contributed by atoms with Crippen LogP contribution >= 0.6 is 0 Å². The Morgan fingerprint density at radius 1 is 1.27 bits per heavy atom. The molecule has 2 heterocycles. The predicted molar refractivity (Wildman–Crippen MR) is 95.2 cm³/mol. The fourth-order valence-electron chi connectivity index (χ4n) is 4.67. The Morgan fingerprint density at radius 2 is 1.92 bits per heavy atom. The Labute approximate surface area is 154 Å². The zero-order valence-electron chi connectivity index (χ0n) is 16.1. The fraction of sp³-hybridized carbons (Fsp3) is 0.944. The van der Waals surface area contributed by atoms with Gasteiger partial charge in [0.25, 0.3) is 0 Å². The van der Waals surface area contributed by atoms with E-state index >= 15 is 0 Å². The van der Waals surface area contributed by atoms with Crippen molar-refractivity contribution >= 4 is 5.96 Å². The van der Waals surface area contributed by atoms with E-state index in [1.807, 2.05) is 6.92 Å². The van der Waals surface area contributed by atoms with Crippen molar-refractivity contribution in [1.29, 1.82) is 0 Å². The molecule has 3 aliphatic rings. The topological polar surface area (TPSA) is 40.1 Å². The molecule has 0 aromatic carbocycles. The third-order valence-electron chi connectivity index (χ3n) is 6.33. The first kappa shape index (κ1) is 19.7. The smallest absolute Gasteiger partial charge is 0.377 e. The maximum Gasteiger partial charge on any atom is 0.403 e. The highest BCUT2D eigenvalue weighted by Crippen LogP contribution is 2.52. The molecule has 4 atom stereocenters. The highest BCUT2D eigenvalue weighted by atomic mass is 19.4. The van der Waals surface area contributed by atoms with Crippen LogP contribution in [0.25, 0.3) is 0 Å². The summed E-state index contributed by atoms with van der Waals surface area (Å²) in [5.41, 5.74) is 0.0439. The minimum Gasteiger partial charge on any atom is -0.377 e. The van der Waals surface area contributed by atoms with Crippen LogP contribution in [0.4, 0.5) is 13.2 Å². The highest BCUT2D eigenvalue weighted by molar-refractivity contribution is 5.80. The number of aliphatic imine (C=N–C) groups is 1. The quantitative estimate of drug-likeness (QED) is 0.606. The summed E-state index contributed by atoms with van der Waals surface area (Å²) in [6.07, 6.45) is -2.82. The van der Waals surface area contributed by atoms with E-state index < -0.39 is 12.2 Å². The fourth-order valence-corrected chi connectivity index (χ4v) is 4.67. The summed E-state index contributed by atoms with van der Waals surface area (Å²) in [5, 5.41) is 3.62. The standard InChI is InChI=1S/C18H31F3N4O/c1-5-22-16(23-14-13-6-11-26-15(13)17(14,3)4)25-9-7-24(8-10-25)12(2)18(19,20)21/h12-15H,5-11H2,1-4H3,(H,22,23). The monoisotopic (exact) mass is 376 g/mol. The minimum atomic E-state index is -4.17. The maximum absolute atomic E-state index is 12.9. The summed E-state index contributed by atoms with van der Waals surface area (Å²) in [4.78, 5) is 8.23. The maximum atomic E-state index is 12.9. The Balaban J connectivity index is 1.61. The van der Waals surface area contributed by atoms with Crippen LogP contribution in [-0.4, -0.2) is 79.5 Å². The molecule has 8 heteroatoms. The van der Waals surface area contributed by atoms with Gasteiger partial charge in [0, 0.05) is 56.7 Å². The van der Waals surface area contributed by atoms with Crippen molar-refractivity contribution in [2.75, 3.05) is 39.3 Å². The van der Waals surface area contributed by atoms with Crippen LogP contribution < -0.4 is 5.32 Å². The van der Waals surface area contributed by atoms with Gasteiger partial charge in [0.2, 0.25) is 0 Å². The molecule has 0 amide bonds. The molecular weight excluding hydrogens is 345 g/mol. The Bertz CT molecular complexity index is 529. The minimum absolute atomic E-state index is 0.0439. The first-order valence-electron chi connectivity index (χ1n) is 9.64. The average Bonchev–Trinajstić information content (AvgIpc) is 3.04. The number of alkyl halides is 3. The van der Waals surface area contributed by atoms with Crippen molar-refractivity contribution in [2.24, 2.45) is 16.3 Å². The molecule has 0 radical (unpaired) electrons. The van der Waals surface area contributed by atoms with Gasteiger partial charge in [-0.1, -0.05) is 13.8 Å². The van der Waals surface area contributed by atoms with Gasteiger partial charge in [0.15, 0.2) is 5.96 Å². The SMILES string of the molecule is CCN=C(NC1C2CCOC2C1(C)C)N1CCN(C(C)C(F)(F)F)CC1. The first-order chi connectivity index (χ1) is 12.2. The largest absolute Gasteiger partial charge is 0.403 e. The summed E-state index contributed by atoms with van der Waals surface area (Å²) >= 11 is 0. The van der Waals surface area contributed by atoms with Gasteiger partial charge < -0.3 is 15.0 Å². The van der Waals surface area contributed by atoms with Gasteiger partial charge in [0.1, 0.15) is 6.04 Å². The highest BCUT2D eigenvalue weighted by Gasteiger charge is 2.59. The number of hydrogen-bond acceptors (Lipinski definition) is 3.